The molecule has 0 atom stereocenters. The highest BCUT2D eigenvalue weighted by Crippen LogP contribution is 2.12. The maximum Gasteiger partial charge on any atom is 0.335 e. The summed E-state index contributed by atoms with van der Waals surface area (Å²) in [5.41, 5.74) is 2.19. The number of nitrogens with two attached hydrogens (primary N) is 1. The van der Waals surface area contributed by atoms with Crippen LogP contribution in [0.2, 0.25) is 0 Å². The molecule has 0 saturated heterocycles. The third-order valence-electron chi connectivity index (χ3n) is 3.15. The average molecular weight is 347 g/mol. The molecule has 0 aliphatic carbocycles. The van der Waals surface area contributed by atoms with Crippen molar-refractivity contribution < 1.29 is 9.90 Å². The first-order valence-corrected chi connectivity index (χ1v) is 8.21. The van der Waals surface area contributed by atoms with Crippen LogP contribution in [0.1, 0.15) is 15.9 Å². The summed E-state index contributed by atoms with van der Waals surface area (Å²) in [7, 11) is 0. The number of aromatic carboxylic acids is 1. The zero-order valence-corrected chi connectivity index (χ0v) is 13.9. The summed E-state index contributed by atoms with van der Waals surface area (Å²) < 4.78 is 0. The molecule has 5 N–H and O–H groups in total. The highest BCUT2D eigenvalue weighted by Gasteiger charge is 2.03. The monoisotopic (exact) mass is 347 g/mol. The second-order valence-corrected chi connectivity index (χ2v) is 5.89. The predicted molar refractivity (Wildman–Crippen MR) is 97.8 cm³/mol. The van der Waals surface area contributed by atoms with Gasteiger partial charge in [0.05, 0.1) is 5.56 Å². The van der Waals surface area contributed by atoms with Gasteiger partial charge in [0.15, 0.2) is 5.11 Å². The quantitative estimate of drug-likeness (QED) is 0.472. The summed E-state index contributed by atoms with van der Waals surface area (Å²) in [5.74, 6) is -0.948. The smallest absolute Gasteiger partial charge is 0.335 e. The van der Waals surface area contributed by atoms with Crippen LogP contribution in [-0.2, 0) is 6.42 Å². The van der Waals surface area contributed by atoms with Crippen molar-refractivity contribution in [2.75, 3.05) is 11.9 Å². The first kappa shape index (κ1) is 17.3. The van der Waals surface area contributed by atoms with Gasteiger partial charge in [0.2, 0.25) is 0 Å². The van der Waals surface area contributed by atoms with Crippen LogP contribution in [0.5, 0.6) is 0 Å². The lowest BCUT2D eigenvalue weighted by Crippen LogP contribution is -2.30. The van der Waals surface area contributed by atoms with Crippen LogP contribution in [0.4, 0.5) is 5.69 Å². The molecule has 2 aromatic rings. The number of carbonyl (C=O) groups is 1. The van der Waals surface area contributed by atoms with Crippen molar-refractivity contribution in [1.82, 2.24) is 5.32 Å². The molecule has 0 amide bonds. The van der Waals surface area contributed by atoms with Gasteiger partial charge in [-0.05, 0) is 72.5 Å². The SMILES string of the molecule is NSc1ccc(CCNC(=S)Nc2ccc(C(=O)O)cc2)cc1. The fraction of sp³-hybridized carbons (Fsp3) is 0.125. The summed E-state index contributed by atoms with van der Waals surface area (Å²) in [4.78, 5) is 11.8. The lowest BCUT2D eigenvalue weighted by atomic mass is 10.1. The molecule has 0 aromatic heterocycles. The maximum atomic E-state index is 10.8. The van der Waals surface area contributed by atoms with Crippen LogP contribution in [0.3, 0.4) is 0 Å². The lowest BCUT2D eigenvalue weighted by Gasteiger charge is -2.11. The van der Waals surface area contributed by atoms with Crippen molar-refractivity contribution in [3.63, 3.8) is 0 Å². The summed E-state index contributed by atoms with van der Waals surface area (Å²) in [5, 5.41) is 21.0. The number of hydrogen-bond acceptors (Lipinski definition) is 4. The first-order chi connectivity index (χ1) is 11.1. The van der Waals surface area contributed by atoms with Gasteiger partial charge in [-0.15, -0.1) is 0 Å². The average Bonchev–Trinajstić information content (AvgIpc) is 2.56. The fourth-order valence-corrected chi connectivity index (χ4v) is 2.44. The molecule has 0 bridgehead atoms. The number of carboxylic acid groups (broad SMARTS) is 1. The molecule has 0 unspecified atom stereocenters. The summed E-state index contributed by atoms with van der Waals surface area (Å²) in [6.07, 6.45) is 0.843. The van der Waals surface area contributed by atoms with Gasteiger partial charge in [-0.2, -0.15) is 0 Å². The highest BCUT2D eigenvalue weighted by molar-refractivity contribution is 7.97. The minimum absolute atomic E-state index is 0.244. The molecule has 2 aromatic carbocycles. The Labute approximate surface area is 144 Å². The van der Waals surface area contributed by atoms with Gasteiger partial charge in [-0.25, -0.2) is 4.79 Å². The molecule has 0 aliphatic heterocycles. The van der Waals surface area contributed by atoms with Crippen LogP contribution in [-0.4, -0.2) is 22.7 Å². The van der Waals surface area contributed by atoms with Crippen molar-refractivity contribution in [2.24, 2.45) is 5.14 Å². The van der Waals surface area contributed by atoms with Gasteiger partial charge in [-0.1, -0.05) is 12.1 Å². The second-order valence-electron chi connectivity index (χ2n) is 4.78. The Morgan fingerprint density at radius 3 is 2.35 bits per heavy atom. The van der Waals surface area contributed by atoms with E-state index in [4.69, 9.17) is 22.5 Å². The molecule has 0 radical (unpaired) electrons. The molecule has 0 heterocycles. The Hall–Kier alpha value is -2.09. The van der Waals surface area contributed by atoms with E-state index in [0.717, 1.165) is 17.0 Å². The third-order valence-corrected chi connectivity index (χ3v) is 3.94. The van der Waals surface area contributed by atoms with Crippen molar-refractivity contribution in [2.45, 2.75) is 11.3 Å². The van der Waals surface area contributed by atoms with Gasteiger partial charge >= 0.3 is 5.97 Å². The number of carboxylic acids is 1. The number of thiocarbonyl (C=S) groups is 1. The predicted octanol–water partition coefficient (Wildman–Crippen LogP) is 2.88. The molecule has 2 rings (SSSR count). The number of anilines is 1. The largest absolute Gasteiger partial charge is 0.478 e. The van der Waals surface area contributed by atoms with E-state index in [1.165, 1.54) is 29.6 Å². The van der Waals surface area contributed by atoms with Crippen molar-refractivity contribution in [1.29, 1.82) is 0 Å². The van der Waals surface area contributed by atoms with Crippen molar-refractivity contribution >= 4 is 40.9 Å². The number of nitrogens with one attached hydrogen (secondary N) is 2. The van der Waals surface area contributed by atoms with E-state index in [1.54, 1.807) is 12.1 Å². The fourth-order valence-electron chi connectivity index (χ4n) is 1.93. The van der Waals surface area contributed by atoms with Crippen molar-refractivity contribution in [3.05, 3.63) is 59.7 Å². The van der Waals surface area contributed by atoms with Crippen LogP contribution in [0.25, 0.3) is 0 Å². The summed E-state index contributed by atoms with van der Waals surface area (Å²) in [6.45, 7) is 0.703. The van der Waals surface area contributed by atoms with Gasteiger partial charge < -0.3 is 15.7 Å². The van der Waals surface area contributed by atoms with E-state index in [1.807, 2.05) is 24.3 Å². The highest BCUT2D eigenvalue weighted by atomic mass is 32.2. The Kier molecular flexibility index (Phi) is 6.40. The number of benzene rings is 2. The standard InChI is InChI=1S/C16H17N3O2S2/c17-23-14-7-1-11(2-8-14)9-10-18-16(22)19-13-5-3-12(4-6-13)15(20)21/h1-8H,9-10,17H2,(H,20,21)(H2,18,19,22). The lowest BCUT2D eigenvalue weighted by molar-refractivity contribution is 0.0697. The molecule has 0 spiro atoms. The molecule has 0 aliphatic rings. The topological polar surface area (TPSA) is 87.4 Å². The number of hydrogen-bond donors (Lipinski definition) is 4. The van der Waals surface area contributed by atoms with Gasteiger partial charge in [0, 0.05) is 17.1 Å². The van der Waals surface area contributed by atoms with Gasteiger partial charge in [-0.3, -0.25) is 5.14 Å². The van der Waals surface area contributed by atoms with Gasteiger partial charge in [0.25, 0.3) is 0 Å². The zero-order valence-electron chi connectivity index (χ0n) is 12.3. The molecule has 23 heavy (non-hydrogen) atoms. The third kappa shape index (κ3) is 5.55. The van der Waals surface area contributed by atoms with Gasteiger partial charge in [0.1, 0.15) is 0 Å². The van der Waals surface area contributed by atoms with Crippen LogP contribution in [0.15, 0.2) is 53.4 Å². The Morgan fingerprint density at radius 1 is 1.13 bits per heavy atom. The Balaban J connectivity index is 1.77. The van der Waals surface area contributed by atoms with Crippen molar-refractivity contribution in [3.8, 4) is 0 Å². The summed E-state index contributed by atoms with van der Waals surface area (Å²) >= 11 is 6.44. The Morgan fingerprint density at radius 2 is 1.78 bits per heavy atom. The molecular formula is C16H17N3O2S2. The molecule has 5 nitrogen and oxygen atoms in total. The Bertz CT molecular complexity index is 673. The van der Waals surface area contributed by atoms with E-state index >= 15 is 0 Å². The van der Waals surface area contributed by atoms with Crippen LogP contribution < -0.4 is 15.8 Å². The molecule has 0 saturated carbocycles. The van der Waals surface area contributed by atoms with Crippen LogP contribution in [0, 0.1) is 0 Å². The minimum atomic E-state index is -0.948. The maximum absolute atomic E-state index is 10.8. The normalized spacial score (nSPS) is 10.1. The van der Waals surface area contributed by atoms with E-state index in [-0.39, 0.29) is 5.56 Å². The molecule has 120 valence electrons. The number of rotatable bonds is 6. The van der Waals surface area contributed by atoms with E-state index < -0.39 is 5.97 Å². The van der Waals surface area contributed by atoms with Crippen LogP contribution >= 0.6 is 24.2 Å². The van der Waals surface area contributed by atoms with E-state index in [2.05, 4.69) is 10.6 Å². The molecule has 7 heteroatoms. The first-order valence-electron chi connectivity index (χ1n) is 6.92. The zero-order chi connectivity index (χ0) is 16.7. The molecular weight excluding hydrogens is 330 g/mol. The second kappa shape index (κ2) is 8.52. The molecule has 0 fully saturated rings. The summed E-state index contributed by atoms with van der Waals surface area (Å²) in [6, 6.07) is 14.5. The van der Waals surface area contributed by atoms with E-state index in [0.29, 0.717) is 11.7 Å². The minimum Gasteiger partial charge on any atom is -0.478 e. The van der Waals surface area contributed by atoms with E-state index in [9.17, 15) is 4.79 Å².